The molecule has 0 spiro atoms. The molecule has 2 aromatic rings. The van der Waals surface area contributed by atoms with Gasteiger partial charge in [0.25, 0.3) is 0 Å². The third kappa shape index (κ3) is 6.44. The fraction of sp³-hybridized carbons (Fsp3) is 0.556. The van der Waals surface area contributed by atoms with E-state index in [9.17, 15) is 14.4 Å². The summed E-state index contributed by atoms with van der Waals surface area (Å²) in [7, 11) is 0. The normalized spacial score (nSPS) is 16.1. The molecule has 194 valence electrons. The number of ketones is 1. The number of Topliss-reactive ketones (excluding diaryl/α,β-unsaturated/α-hetero) is 1. The van der Waals surface area contributed by atoms with Gasteiger partial charge in [-0.05, 0) is 51.8 Å². The van der Waals surface area contributed by atoms with Gasteiger partial charge in [-0.3, -0.25) is 14.5 Å². The first-order chi connectivity index (χ1) is 17.1. The Kier molecular flexibility index (Phi) is 7.66. The fourth-order valence-electron chi connectivity index (χ4n) is 4.65. The Bertz CT molecular complexity index is 1090. The summed E-state index contributed by atoms with van der Waals surface area (Å²) in [5.74, 6) is 0.868. The van der Waals surface area contributed by atoms with E-state index in [4.69, 9.17) is 4.74 Å². The molecule has 1 fully saturated rings. The molecule has 0 saturated carbocycles. The molecule has 9 heteroatoms. The van der Waals surface area contributed by atoms with Crippen molar-refractivity contribution in [3.63, 3.8) is 0 Å². The number of hydrogen-bond donors (Lipinski definition) is 0. The van der Waals surface area contributed by atoms with Crippen molar-refractivity contribution in [1.82, 2.24) is 14.7 Å². The third-order valence-corrected chi connectivity index (χ3v) is 6.46. The summed E-state index contributed by atoms with van der Waals surface area (Å²) in [4.78, 5) is 43.4. The largest absolute Gasteiger partial charge is 0.444 e. The van der Waals surface area contributed by atoms with E-state index in [1.54, 1.807) is 9.80 Å². The number of aryl methyl sites for hydroxylation is 2. The van der Waals surface area contributed by atoms with Gasteiger partial charge < -0.3 is 14.5 Å². The van der Waals surface area contributed by atoms with Gasteiger partial charge in [0.2, 0.25) is 5.91 Å². The van der Waals surface area contributed by atoms with Crippen molar-refractivity contribution < 1.29 is 19.1 Å². The predicted octanol–water partition coefficient (Wildman–Crippen LogP) is 3.58. The van der Waals surface area contributed by atoms with Crippen LogP contribution >= 0.6 is 0 Å². The number of anilines is 2. The van der Waals surface area contributed by atoms with Crippen LogP contribution in [0.15, 0.2) is 30.3 Å². The van der Waals surface area contributed by atoms with Crippen LogP contribution in [0, 0.1) is 6.92 Å². The zero-order chi connectivity index (χ0) is 25.9. The molecule has 2 aliphatic rings. The van der Waals surface area contributed by atoms with E-state index in [1.165, 1.54) is 0 Å². The fourth-order valence-corrected chi connectivity index (χ4v) is 4.65. The van der Waals surface area contributed by atoms with Crippen molar-refractivity contribution in [3.05, 3.63) is 41.6 Å². The number of rotatable bonds is 6. The SMILES string of the molecule is Cc1cc2n(n1)CCCN2C(=O)CCC(=O)Cc1ccc(N2CCN(C(=O)OC(C)(C)C)CC2)cc1. The van der Waals surface area contributed by atoms with E-state index >= 15 is 0 Å². The second kappa shape index (κ2) is 10.7. The van der Waals surface area contributed by atoms with E-state index < -0.39 is 5.60 Å². The zero-order valence-corrected chi connectivity index (χ0v) is 21.8. The highest BCUT2D eigenvalue weighted by molar-refractivity contribution is 5.95. The Morgan fingerprint density at radius 2 is 1.64 bits per heavy atom. The lowest BCUT2D eigenvalue weighted by Crippen LogP contribution is -2.50. The molecule has 36 heavy (non-hydrogen) atoms. The molecule has 0 atom stereocenters. The van der Waals surface area contributed by atoms with Crippen LogP contribution in [0.2, 0.25) is 0 Å². The van der Waals surface area contributed by atoms with Gasteiger partial charge in [0.15, 0.2) is 0 Å². The minimum atomic E-state index is -0.495. The minimum absolute atomic E-state index is 0.0231. The molecule has 0 unspecified atom stereocenters. The Hall–Kier alpha value is -3.36. The molecular weight excluding hydrogens is 458 g/mol. The van der Waals surface area contributed by atoms with E-state index in [1.807, 2.05) is 62.7 Å². The molecule has 2 aliphatic heterocycles. The number of piperazine rings is 1. The number of benzene rings is 1. The van der Waals surface area contributed by atoms with Gasteiger partial charge >= 0.3 is 6.09 Å². The molecule has 4 rings (SSSR count). The Morgan fingerprint density at radius 1 is 0.944 bits per heavy atom. The quantitative estimate of drug-likeness (QED) is 0.609. The van der Waals surface area contributed by atoms with E-state index in [0.29, 0.717) is 26.1 Å². The summed E-state index contributed by atoms with van der Waals surface area (Å²) in [6.45, 7) is 11.7. The van der Waals surface area contributed by atoms with E-state index in [0.717, 1.165) is 48.8 Å². The first kappa shape index (κ1) is 25.7. The maximum atomic E-state index is 12.8. The van der Waals surface area contributed by atoms with Crippen LogP contribution in [0.5, 0.6) is 0 Å². The lowest BCUT2D eigenvalue weighted by Gasteiger charge is -2.36. The number of aromatic nitrogens is 2. The van der Waals surface area contributed by atoms with Crippen molar-refractivity contribution in [2.45, 2.75) is 65.5 Å². The average molecular weight is 496 g/mol. The Balaban J connectivity index is 1.23. The molecule has 0 aliphatic carbocycles. The molecule has 1 aromatic carbocycles. The van der Waals surface area contributed by atoms with Crippen LogP contribution < -0.4 is 9.80 Å². The third-order valence-electron chi connectivity index (χ3n) is 6.46. The molecule has 1 saturated heterocycles. The highest BCUT2D eigenvalue weighted by Crippen LogP contribution is 2.23. The minimum Gasteiger partial charge on any atom is -0.444 e. The van der Waals surface area contributed by atoms with Crippen LogP contribution in [-0.2, 0) is 27.3 Å². The smallest absolute Gasteiger partial charge is 0.410 e. The zero-order valence-electron chi connectivity index (χ0n) is 21.8. The average Bonchev–Trinajstić information content (AvgIpc) is 3.22. The second-order valence-corrected chi connectivity index (χ2v) is 10.6. The van der Waals surface area contributed by atoms with Crippen molar-refractivity contribution in [3.8, 4) is 0 Å². The molecule has 0 radical (unpaired) electrons. The van der Waals surface area contributed by atoms with Crippen molar-refractivity contribution in [2.24, 2.45) is 0 Å². The molecule has 2 amide bonds. The van der Waals surface area contributed by atoms with Crippen LogP contribution in [0.3, 0.4) is 0 Å². The van der Waals surface area contributed by atoms with Crippen molar-refractivity contribution >= 4 is 29.3 Å². The number of carbonyl (C=O) groups excluding carboxylic acids is 3. The second-order valence-electron chi connectivity index (χ2n) is 10.6. The van der Waals surface area contributed by atoms with Crippen molar-refractivity contribution in [2.75, 3.05) is 42.5 Å². The van der Waals surface area contributed by atoms with E-state index in [-0.39, 0.29) is 30.6 Å². The summed E-state index contributed by atoms with van der Waals surface area (Å²) < 4.78 is 7.34. The van der Waals surface area contributed by atoms with Gasteiger partial charge in [-0.1, -0.05) is 12.1 Å². The van der Waals surface area contributed by atoms with Gasteiger partial charge in [0.1, 0.15) is 17.2 Å². The van der Waals surface area contributed by atoms with Crippen LogP contribution in [0.1, 0.15) is 51.3 Å². The molecule has 3 heterocycles. The van der Waals surface area contributed by atoms with Crippen LogP contribution in [0.4, 0.5) is 16.3 Å². The number of fused-ring (bicyclic) bond motifs is 1. The number of nitrogens with zero attached hydrogens (tertiary/aromatic N) is 5. The molecule has 1 aromatic heterocycles. The number of hydrogen-bond acceptors (Lipinski definition) is 6. The topological polar surface area (TPSA) is 88.0 Å². The standard InChI is InChI=1S/C27H37N5O4/c1-20-18-24-31(12-5-13-32(24)28-20)25(34)11-10-23(33)19-21-6-8-22(9-7-21)29-14-16-30(17-15-29)26(35)36-27(2,3)4/h6-9,18H,5,10-17,19H2,1-4H3. The molecule has 0 N–H and O–H groups in total. The van der Waals surface area contributed by atoms with Crippen molar-refractivity contribution in [1.29, 1.82) is 0 Å². The summed E-state index contributed by atoms with van der Waals surface area (Å²) in [6, 6.07) is 9.92. The summed E-state index contributed by atoms with van der Waals surface area (Å²) in [5.41, 5.74) is 2.41. The highest BCUT2D eigenvalue weighted by Gasteiger charge is 2.26. The van der Waals surface area contributed by atoms with Gasteiger partial charge in [0, 0.05) is 70.3 Å². The summed E-state index contributed by atoms with van der Waals surface area (Å²) >= 11 is 0. The Morgan fingerprint density at radius 3 is 2.31 bits per heavy atom. The van der Waals surface area contributed by atoms with Gasteiger partial charge in [-0.15, -0.1) is 0 Å². The lowest BCUT2D eigenvalue weighted by atomic mass is 10.0. The first-order valence-corrected chi connectivity index (χ1v) is 12.8. The maximum absolute atomic E-state index is 12.8. The van der Waals surface area contributed by atoms with Gasteiger partial charge in [0.05, 0.1) is 5.69 Å². The van der Waals surface area contributed by atoms with Gasteiger partial charge in [-0.2, -0.15) is 5.10 Å². The highest BCUT2D eigenvalue weighted by atomic mass is 16.6. The maximum Gasteiger partial charge on any atom is 0.410 e. The monoisotopic (exact) mass is 495 g/mol. The lowest BCUT2D eigenvalue weighted by molar-refractivity contribution is -0.123. The number of carbonyl (C=O) groups is 3. The van der Waals surface area contributed by atoms with E-state index in [2.05, 4.69) is 10.00 Å². The van der Waals surface area contributed by atoms with Gasteiger partial charge in [-0.25, -0.2) is 9.48 Å². The Labute approximate surface area is 213 Å². The first-order valence-electron chi connectivity index (χ1n) is 12.8. The summed E-state index contributed by atoms with van der Waals surface area (Å²) in [5, 5.41) is 4.43. The predicted molar refractivity (Wildman–Crippen MR) is 138 cm³/mol. The number of amides is 2. The molecular formula is C27H37N5O4. The van der Waals surface area contributed by atoms with Crippen LogP contribution in [-0.4, -0.2) is 70.8 Å². The molecule has 0 bridgehead atoms. The molecule has 9 nitrogen and oxygen atoms in total. The van der Waals surface area contributed by atoms with Crippen LogP contribution in [0.25, 0.3) is 0 Å². The summed E-state index contributed by atoms with van der Waals surface area (Å²) in [6.07, 6.45) is 1.36. The number of ether oxygens (including phenoxy) is 1.